The summed E-state index contributed by atoms with van der Waals surface area (Å²) in [7, 11) is 1.26. The number of hydroxylamine groups is 1. The van der Waals surface area contributed by atoms with E-state index in [2.05, 4.69) is 16.1 Å². The van der Waals surface area contributed by atoms with Crippen molar-refractivity contribution >= 4 is 52.6 Å². The van der Waals surface area contributed by atoms with Gasteiger partial charge in [-0.15, -0.1) is 0 Å². The highest BCUT2D eigenvalue weighted by Gasteiger charge is 2.58. The molecule has 1 aliphatic rings. The molecule has 0 radical (unpaired) electrons. The van der Waals surface area contributed by atoms with E-state index in [0.717, 1.165) is 11.1 Å². The number of rotatable bonds is 11. The third-order valence-corrected chi connectivity index (χ3v) is 9.56. The highest BCUT2D eigenvalue weighted by atomic mass is 35.5. The topological polar surface area (TPSA) is 123 Å². The molecule has 0 saturated heterocycles. The van der Waals surface area contributed by atoms with Crippen molar-refractivity contribution in [1.29, 1.82) is 0 Å². The number of ether oxygens (including phenoxy) is 1. The zero-order valence-corrected chi connectivity index (χ0v) is 27.1. The molecule has 0 bridgehead atoms. The molecule has 0 heterocycles. The van der Waals surface area contributed by atoms with Gasteiger partial charge in [-0.3, -0.25) is 19.2 Å². The van der Waals surface area contributed by atoms with Crippen molar-refractivity contribution in [3.8, 4) is 0 Å². The number of benzene rings is 3. The maximum absolute atomic E-state index is 13.6. The van der Waals surface area contributed by atoms with E-state index in [1.165, 1.54) is 7.11 Å². The number of halogens is 2. The number of carbonyl (C=O) groups excluding carboxylic acids is 4. The zero-order valence-electron chi connectivity index (χ0n) is 25.6. The second-order valence-electron chi connectivity index (χ2n) is 11.9. The van der Waals surface area contributed by atoms with Gasteiger partial charge in [0.1, 0.15) is 6.04 Å². The molecular weight excluding hydrogens is 617 g/mol. The molecular formula is C34H37Cl2N3O6. The Balaban J connectivity index is 1.38. The highest BCUT2D eigenvalue weighted by molar-refractivity contribution is 6.40. The lowest BCUT2D eigenvalue weighted by molar-refractivity contribution is -0.152. The van der Waals surface area contributed by atoms with Crippen molar-refractivity contribution < 1.29 is 28.8 Å². The van der Waals surface area contributed by atoms with Crippen LogP contribution in [0.4, 0.5) is 5.69 Å². The first kappa shape index (κ1) is 34.0. The normalized spacial score (nSPS) is 19.3. The van der Waals surface area contributed by atoms with Crippen LogP contribution in [0.25, 0.3) is 0 Å². The van der Waals surface area contributed by atoms with Crippen molar-refractivity contribution in [2.45, 2.75) is 52.7 Å². The molecule has 238 valence electrons. The second-order valence-corrected chi connectivity index (χ2v) is 12.7. The predicted molar refractivity (Wildman–Crippen MR) is 172 cm³/mol. The summed E-state index contributed by atoms with van der Waals surface area (Å²) in [6.07, 6.45) is 1.08. The van der Waals surface area contributed by atoms with Gasteiger partial charge in [-0.1, -0.05) is 92.5 Å². The average molecular weight is 655 g/mol. The van der Waals surface area contributed by atoms with Gasteiger partial charge in [0.05, 0.1) is 34.7 Å². The molecule has 4 rings (SSSR count). The first-order chi connectivity index (χ1) is 21.4. The van der Waals surface area contributed by atoms with Crippen LogP contribution >= 0.6 is 23.2 Å². The summed E-state index contributed by atoms with van der Waals surface area (Å²) in [5.74, 6) is -2.23. The van der Waals surface area contributed by atoms with Crippen molar-refractivity contribution in [1.82, 2.24) is 10.8 Å². The van der Waals surface area contributed by atoms with E-state index < -0.39 is 34.7 Å². The maximum Gasteiger partial charge on any atom is 0.328 e. The molecule has 1 saturated carbocycles. The number of carbonyl (C=O) groups is 4. The van der Waals surface area contributed by atoms with Crippen LogP contribution in [0, 0.1) is 16.7 Å². The minimum Gasteiger partial charge on any atom is -0.467 e. The van der Waals surface area contributed by atoms with Crippen LogP contribution in [-0.4, -0.2) is 36.8 Å². The number of amides is 3. The molecule has 3 unspecified atom stereocenters. The van der Waals surface area contributed by atoms with Crippen LogP contribution in [0.15, 0.2) is 72.8 Å². The van der Waals surface area contributed by atoms with E-state index in [1.54, 1.807) is 42.5 Å². The molecule has 9 nitrogen and oxygen atoms in total. The number of hydrogen-bond donors (Lipinski definition) is 3. The molecule has 0 aliphatic heterocycles. The summed E-state index contributed by atoms with van der Waals surface area (Å²) in [6, 6.07) is 20.2. The van der Waals surface area contributed by atoms with Gasteiger partial charge in [0.15, 0.2) is 0 Å². The van der Waals surface area contributed by atoms with E-state index in [9.17, 15) is 19.2 Å². The Morgan fingerprint density at radius 3 is 2.16 bits per heavy atom. The van der Waals surface area contributed by atoms with Gasteiger partial charge in [0.25, 0.3) is 5.91 Å². The highest BCUT2D eigenvalue weighted by Crippen LogP contribution is 2.56. The second kappa shape index (κ2) is 14.5. The van der Waals surface area contributed by atoms with Gasteiger partial charge < -0.3 is 15.4 Å². The van der Waals surface area contributed by atoms with E-state index in [0.29, 0.717) is 18.5 Å². The molecule has 3 aromatic carbocycles. The number of nitrogens with one attached hydrogen (secondary N) is 3. The largest absolute Gasteiger partial charge is 0.467 e. The lowest BCUT2D eigenvalue weighted by Gasteiger charge is -2.39. The molecule has 1 fully saturated rings. The zero-order chi connectivity index (χ0) is 32.8. The summed E-state index contributed by atoms with van der Waals surface area (Å²) in [5.41, 5.74) is 3.25. The lowest BCUT2D eigenvalue weighted by atomic mass is 9.65. The third kappa shape index (κ3) is 7.66. The first-order valence-electron chi connectivity index (χ1n) is 14.6. The molecule has 45 heavy (non-hydrogen) atoms. The van der Waals surface area contributed by atoms with Crippen molar-refractivity contribution in [3.05, 3.63) is 99.5 Å². The summed E-state index contributed by atoms with van der Waals surface area (Å²) in [6.45, 7) is 5.82. The fourth-order valence-electron chi connectivity index (χ4n) is 5.71. The Morgan fingerprint density at radius 2 is 1.53 bits per heavy atom. The van der Waals surface area contributed by atoms with Gasteiger partial charge in [-0.05, 0) is 53.6 Å². The Labute approximate surface area is 272 Å². The number of anilines is 1. The van der Waals surface area contributed by atoms with Gasteiger partial charge in [0, 0.05) is 18.0 Å². The SMILES string of the molecule is COC(=O)C(Cc1ccc(NC(=O)c2c(Cl)cccc2Cl)cc1)NC(=O)C1CCC(C)(C(=O)NOCc2ccccc2)C1(C)C. The van der Waals surface area contributed by atoms with Crippen molar-refractivity contribution in [3.63, 3.8) is 0 Å². The Kier molecular flexibility index (Phi) is 10.9. The lowest BCUT2D eigenvalue weighted by Crippen LogP contribution is -2.52. The van der Waals surface area contributed by atoms with E-state index in [4.69, 9.17) is 32.8 Å². The average Bonchev–Trinajstić information content (AvgIpc) is 3.26. The fraction of sp³-hybridized carbons (Fsp3) is 0.353. The van der Waals surface area contributed by atoms with Crippen LogP contribution in [0.3, 0.4) is 0 Å². The smallest absolute Gasteiger partial charge is 0.328 e. The van der Waals surface area contributed by atoms with Crippen molar-refractivity contribution in [2.24, 2.45) is 16.7 Å². The summed E-state index contributed by atoms with van der Waals surface area (Å²) in [4.78, 5) is 57.8. The quantitative estimate of drug-likeness (QED) is 0.169. The Morgan fingerprint density at radius 1 is 0.889 bits per heavy atom. The molecule has 0 spiro atoms. The van der Waals surface area contributed by atoms with Gasteiger partial charge in [0.2, 0.25) is 11.8 Å². The predicted octanol–water partition coefficient (Wildman–Crippen LogP) is 6.14. The maximum atomic E-state index is 13.6. The Hall–Kier alpha value is -3.92. The van der Waals surface area contributed by atoms with Crippen LogP contribution in [0.2, 0.25) is 10.0 Å². The van der Waals surface area contributed by atoms with Crippen LogP contribution in [0.5, 0.6) is 0 Å². The first-order valence-corrected chi connectivity index (χ1v) is 15.3. The number of methoxy groups -OCH3 is 1. The fourth-order valence-corrected chi connectivity index (χ4v) is 6.28. The monoisotopic (exact) mass is 653 g/mol. The minimum absolute atomic E-state index is 0.154. The molecule has 1 aliphatic carbocycles. The minimum atomic E-state index is -0.962. The molecule has 11 heteroatoms. The number of esters is 1. The summed E-state index contributed by atoms with van der Waals surface area (Å²) < 4.78 is 4.99. The molecule has 3 amide bonds. The summed E-state index contributed by atoms with van der Waals surface area (Å²) in [5, 5.41) is 6.08. The van der Waals surface area contributed by atoms with E-state index in [1.807, 2.05) is 51.1 Å². The van der Waals surface area contributed by atoms with Crippen LogP contribution < -0.4 is 16.1 Å². The molecule has 3 atom stereocenters. The Bertz CT molecular complexity index is 1530. The molecule has 3 N–H and O–H groups in total. The van der Waals surface area contributed by atoms with Gasteiger partial charge in [-0.25, -0.2) is 10.3 Å². The van der Waals surface area contributed by atoms with E-state index >= 15 is 0 Å². The van der Waals surface area contributed by atoms with Crippen LogP contribution in [-0.2, 0) is 37.0 Å². The van der Waals surface area contributed by atoms with Crippen molar-refractivity contribution in [2.75, 3.05) is 12.4 Å². The van der Waals surface area contributed by atoms with Gasteiger partial charge in [-0.2, -0.15) is 0 Å². The molecule has 3 aromatic rings. The van der Waals surface area contributed by atoms with Crippen LogP contribution in [0.1, 0.15) is 55.1 Å². The number of hydrogen-bond acceptors (Lipinski definition) is 6. The standard InChI is InChI=1S/C34H37Cl2N3O6/c1-33(2)24(17-18-34(33,3)32(43)39-45-20-22-9-6-5-7-10-22)29(40)38-27(31(42)44-4)19-21-13-15-23(16-14-21)37-30(41)28-25(35)11-8-12-26(28)36/h5-16,24,27H,17-20H2,1-4H3,(H,37,41)(H,38,40)(H,39,43). The third-order valence-electron chi connectivity index (χ3n) is 8.93. The van der Waals surface area contributed by atoms with Gasteiger partial charge >= 0.3 is 5.97 Å². The van der Waals surface area contributed by atoms with E-state index in [-0.39, 0.29) is 40.5 Å². The summed E-state index contributed by atoms with van der Waals surface area (Å²) >= 11 is 12.3. The molecule has 0 aromatic heterocycles.